The lowest BCUT2D eigenvalue weighted by molar-refractivity contribution is -0.137. The number of alkyl halides is 3. The van der Waals surface area contributed by atoms with Gasteiger partial charge in [0.2, 0.25) is 0 Å². The summed E-state index contributed by atoms with van der Waals surface area (Å²) in [6.45, 7) is 2.36. The summed E-state index contributed by atoms with van der Waals surface area (Å²) in [7, 11) is 0. The SMILES string of the molecule is FC(F)(F)c1ccc2c(c1)N[P@@](=S)(N1CCOCC1)c1nccn1-2. The van der Waals surface area contributed by atoms with Crippen molar-refractivity contribution in [3.63, 3.8) is 0 Å². The molecule has 0 aliphatic carbocycles. The third-order valence-corrected chi connectivity index (χ3v) is 8.20. The second-order valence-corrected chi connectivity index (χ2v) is 9.51. The van der Waals surface area contributed by atoms with E-state index in [1.54, 1.807) is 17.0 Å². The number of nitrogens with zero attached hydrogens (tertiary/aromatic N) is 3. The average Bonchev–Trinajstić information content (AvgIpc) is 3.05. The van der Waals surface area contributed by atoms with Crippen LogP contribution in [0.1, 0.15) is 5.56 Å². The van der Waals surface area contributed by atoms with Crippen molar-refractivity contribution in [3.8, 4) is 5.69 Å². The van der Waals surface area contributed by atoms with Gasteiger partial charge in [0, 0.05) is 25.5 Å². The fourth-order valence-electron chi connectivity index (χ4n) is 2.97. The topological polar surface area (TPSA) is 42.3 Å². The fourth-order valence-corrected chi connectivity index (χ4v) is 6.57. The maximum absolute atomic E-state index is 13.1. The number of hydrogen-bond acceptors (Lipinski definition) is 3. The van der Waals surface area contributed by atoms with Crippen LogP contribution < -0.4 is 10.7 Å². The first-order valence-corrected chi connectivity index (χ1v) is 10.1. The lowest BCUT2D eigenvalue weighted by atomic mass is 10.1. The molecule has 1 N–H and O–H groups in total. The van der Waals surface area contributed by atoms with E-state index in [9.17, 15) is 13.2 Å². The predicted molar refractivity (Wildman–Crippen MR) is 88.5 cm³/mol. The number of hydrogen-bond donors (Lipinski definition) is 1. The van der Waals surface area contributed by atoms with Gasteiger partial charge >= 0.3 is 6.18 Å². The van der Waals surface area contributed by atoms with Crippen molar-refractivity contribution >= 4 is 29.4 Å². The van der Waals surface area contributed by atoms with Crippen LogP contribution in [0.15, 0.2) is 30.6 Å². The van der Waals surface area contributed by atoms with Gasteiger partial charge in [-0.25, -0.2) is 9.65 Å². The number of nitrogens with one attached hydrogen (secondary N) is 1. The van der Waals surface area contributed by atoms with Crippen LogP contribution in [-0.4, -0.2) is 40.5 Å². The van der Waals surface area contributed by atoms with Gasteiger partial charge < -0.3 is 9.82 Å². The average molecular weight is 374 g/mol. The molecule has 10 heteroatoms. The molecular weight excluding hydrogens is 360 g/mol. The Bertz CT molecular complexity index is 832. The summed E-state index contributed by atoms with van der Waals surface area (Å²) in [6.07, 6.45) is -3.54. The molecule has 0 saturated carbocycles. The zero-order chi connectivity index (χ0) is 16.9. The minimum absolute atomic E-state index is 0.394. The van der Waals surface area contributed by atoms with Crippen molar-refractivity contribution in [2.75, 3.05) is 31.4 Å². The normalized spacial score (nSPS) is 24.1. The lowest BCUT2D eigenvalue weighted by Crippen LogP contribution is -2.42. The van der Waals surface area contributed by atoms with Gasteiger partial charge in [-0.05, 0) is 30.0 Å². The van der Waals surface area contributed by atoms with E-state index in [2.05, 4.69) is 14.7 Å². The maximum atomic E-state index is 13.1. The standard InChI is InChI=1S/C14H14F3N4OPS/c15-14(16,17)10-1-2-12-11(9-10)19-23(24,13-18-3-4-21(12)13)20-5-7-22-8-6-20/h1-4,9H,5-8H2,(H,19,24)/t23-/m1/s1. The van der Waals surface area contributed by atoms with Crippen LogP contribution in [0.25, 0.3) is 5.69 Å². The van der Waals surface area contributed by atoms with E-state index in [-0.39, 0.29) is 0 Å². The molecule has 128 valence electrons. The molecule has 0 amide bonds. The summed E-state index contributed by atoms with van der Waals surface area (Å²) in [4.78, 5) is 4.40. The Kier molecular flexibility index (Phi) is 3.72. The number of ether oxygens (including phenoxy) is 1. The first-order chi connectivity index (χ1) is 11.4. The number of morpholine rings is 1. The molecule has 2 aliphatic rings. The smallest absolute Gasteiger partial charge is 0.379 e. The van der Waals surface area contributed by atoms with Crippen molar-refractivity contribution in [2.45, 2.75) is 6.18 Å². The van der Waals surface area contributed by atoms with Crippen molar-refractivity contribution in [1.82, 2.24) is 14.2 Å². The molecule has 24 heavy (non-hydrogen) atoms. The van der Waals surface area contributed by atoms with Crippen LogP contribution in [0.4, 0.5) is 18.9 Å². The summed E-state index contributed by atoms with van der Waals surface area (Å²) in [5, 5.41) is 3.21. The van der Waals surface area contributed by atoms with Gasteiger partial charge in [-0.3, -0.25) is 4.57 Å². The number of benzene rings is 1. The predicted octanol–water partition coefficient (Wildman–Crippen LogP) is 2.58. The zero-order valence-corrected chi connectivity index (χ0v) is 14.2. The second-order valence-electron chi connectivity index (χ2n) is 5.58. The summed E-state index contributed by atoms with van der Waals surface area (Å²) in [5.74, 6) is 0. The Morgan fingerprint density at radius 1 is 1.25 bits per heavy atom. The summed E-state index contributed by atoms with van der Waals surface area (Å²) >= 11 is 5.90. The maximum Gasteiger partial charge on any atom is 0.416 e. The fraction of sp³-hybridized carbons (Fsp3) is 0.357. The zero-order valence-electron chi connectivity index (χ0n) is 12.5. The van der Waals surface area contributed by atoms with Crippen LogP contribution in [0, 0.1) is 0 Å². The van der Waals surface area contributed by atoms with Crippen molar-refractivity contribution in [3.05, 3.63) is 36.2 Å². The molecule has 1 atom stereocenters. The van der Waals surface area contributed by atoms with Gasteiger partial charge in [0.1, 0.15) is 0 Å². The molecule has 1 fully saturated rings. The molecule has 0 unspecified atom stereocenters. The van der Waals surface area contributed by atoms with Crippen molar-refractivity contribution in [1.29, 1.82) is 0 Å². The molecule has 1 aromatic heterocycles. The van der Waals surface area contributed by atoms with Crippen LogP contribution in [0.3, 0.4) is 0 Å². The van der Waals surface area contributed by atoms with Crippen LogP contribution in [0.2, 0.25) is 0 Å². The molecule has 2 aromatic rings. The monoisotopic (exact) mass is 374 g/mol. The van der Waals surface area contributed by atoms with Crippen molar-refractivity contribution < 1.29 is 17.9 Å². The first-order valence-electron chi connectivity index (χ1n) is 7.37. The summed E-state index contributed by atoms with van der Waals surface area (Å²) < 4.78 is 48.4. The summed E-state index contributed by atoms with van der Waals surface area (Å²) in [5.41, 5.74) is 1.02. The van der Waals surface area contributed by atoms with E-state index in [4.69, 9.17) is 16.5 Å². The van der Waals surface area contributed by atoms with Gasteiger partial charge in [-0.15, -0.1) is 0 Å². The molecule has 4 rings (SSSR count). The van der Waals surface area contributed by atoms with E-state index in [1.165, 1.54) is 6.07 Å². The molecule has 3 heterocycles. The highest BCUT2D eigenvalue weighted by atomic mass is 32.4. The van der Waals surface area contributed by atoms with Crippen molar-refractivity contribution in [2.24, 2.45) is 0 Å². The van der Waals surface area contributed by atoms with Gasteiger partial charge in [0.05, 0.1) is 30.2 Å². The second kappa shape index (κ2) is 5.56. The van der Waals surface area contributed by atoms with Crippen LogP contribution in [-0.2, 0) is 22.7 Å². The quantitative estimate of drug-likeness (QED) is 0.778. The highest BCUT2D eigenvalue weighted by Gasteiger charge is 2.39. The number of fused-ring (bicyclic) bond motifs is 3. The number of anilines is 1. The molecule has 1 saturated heterocycles. The van der Waals surface area contributed by atoms with E-state index in [0.717, 1.165) is 12.1 Å². The Morgan fingerprint density at radius 2 is 2.00 bits per heavy atom. The van der Waals surface area contributed by atoms with Gasteiger partial charge in [-0.2, -0.15) is 13.2 Å². The van der Waals surface area contributed by atoms with E-state index < -0.39 is 18.1 Å². The Hall–Kier alpha value is -1.41. The molecule has 0 radical (unpaired) electrons. The van der Waals surface area contributed by atoms with E-state index in [1.807, 2.05) is 0 Å². The molecule has 2 aliphatic heterocycles. The lowest BCUT2D eigenvalue weighted by Gasteiger charge is -2.40. The first kappa shape index (κ1) is 16.1. The largest absolute Gasteiger partial charge is 0.416 e. The minimum Gasteiger partial charge on any atom is -0.379 e. The van der Waals surface area contributed by atoms with E-state index >= 15 is 0 Å². The molecular formula is C14H14F3N4OPS. The number of aromatic nitrogens is 2. The highest BCUT2D eigenvalue weighted by Crippen LogP contribution is 2.53. The Labute approximate surface area is 141 Å². The third-order valence-electron chi connectivity index (χ3n) is 4.13. The highest BCUT2D eigenvalue weighted by molar-refractivity contribution is 8.17. The van der Waals surface area contributed by atoms with Crippen LogP contribution in [0.5, 0.6) is 0 Å². The van der Waals surface area contributed by atoms with Gasteiger partial charge in [-0.1, -0.05) is 0 Å². The Balaban J connectivity index is 1.84. The Morgan fingerprint density at radius 3 is 2.71 bits per heavy atom. The number of imidazole rings is 1. The molecule has 0 bridgehead atoms. The minimum atomic E-state index is -4.40. The molecule has 5 nitrogen and oxygen atoms in total. The van der Waals surface area contributed by atoms with Crippen LogP contribution >= 0.6 is 6.34 Å². The van der Waals surface area contributed by atoms with E-state index in [0.29, 0.717) is 43.2 Å². The number of halogens is 3. The number of rotatable bonds is 1. The molecule has 1 aromatic carbocycles. The molecule has 0 spiro atoms. The van der Waals surface area contributed by atoms with Gasteiger partial charge in [0.25, 0.3) is 0 Å². The van der Waals surface area contributed by atoms with Gasteiger partial charge in [0.15, 0.2) is 11.9 Å². The summed E-state index contributed by atoms with van der Waals surface area (Å²) in [6, 6.07) is 3.65. The third kappa shape index (κ3) is 2.47.